The van der Waals surface area contributed by atoms with Gasteiger partial charge < -0.3 is 29.6 Å². The van der Waals surface area contributed by atoms with Gasteiger partial charge in [-0.2, -0.15) is 0 Å². The first-order valence-electron chi connectivity index (χ1n) is 8.14. The summed E-state index contributed by atoms with van der Waals surface area (Å²) in [5, 5.41) is 5.87. The quantitative estimate of drug-likeness (QED) is 0.635. The van der Waals surface area contributed by atoms with Crippen LogP contribution in [0.5, 0.6) is 17.2 Å². The van der Waals surface area contributed by atoms with Gasteiger partial charge in [0.25, 0.3) is 0 Å². The molecule has 1 amide bonds. The molecule has 0 aliphatic heterocycles. The van der Waals surface area contributed by atoms with E-state index in [1.54, 1.807) is 51.7 Å². The number of carbonyl (C=O) groups excluding carboxylic acids is 1. The molecule has 140 valence electrons. The standard InChI is InChI=1S/C19H24N2O5/c1-23-9-10-26-16-6-4-5-14(11-16)21-19(22)13-20-17-12-15(24-2)7-8-18(17)25-3/h4-8,11-12,20H,9-10,13H2,1-3H3,(H,21,22). The lowest BCUT2D eigenvalue weighted by Gasteiger charge is -2.13. The molecule has 2 N–H and O–H groups in total. The van der Waals surface area contributed by atoms with Crippen molar-refractivity contribution in [1.29, 1.82) is 0 Å². The van der Waals surface area contributed by atoms with Crippen molar-refractivity contribution in [3.63, 3.8) is 0 Å². The van der Waals surface area contributed by atoms with E-state index in [-0.39, 0.29) is 12.5 Å². The Bertz CT molecular complexity index is 721. The molecule has 0 radical (unpaired) electrons. The van der Waals surface area contributed by atoms with Gasteiger partial charge in [-0.3, -0.25) is 4.79 Å². The molecule has 0 saturated heterocycles. The molecule has 0 spiro atoms. The first-order chi connectivity index (χ1) is 12.7. The molecule has 0 aliphatic rings. The smallest absolute Gasteiger partial charge is 0.243 e. The van der Waals surface area contributed by atoms with E-state index in [0.29, 0.717) is 41.8 Å². The maximum Gasteiger partial charge on any atom is 0.243 e. The highest BCUT2D eigenvalue weighted by atomic mass is 16.5. The molecule has 26 heavy (non-hydrogen) atoms. The number of hydrogen-bond donors (Lipinski definition) is 2. The molecule has 7 nitrogen and oxygen atoms in total. The first kappa shape index (κ1) is 19.4. The van der Waals surface area contributed by atoms with Crippen LogP contribution in [-0.4, -0.2) is 47.0 Å². The second kappa shape index (κ2) is 10.1. The SMILES string of the molecule is COCCOc1cccc(NC(=O)CNc2cc(OC)ccc2OC)c1. The monoisotopic (exact) mass is 360 g/mol. The maximum atomic E-state index is 12.2. The topological polar surface area (TPSA) is 78.1 Å². The average molecular weight is 360 g/mol. The molecule has 0 bridgehead atoms. The Balaban J connectivity index is 1.92. The fraction of sp³-hybridized carbons (Fsp3) is 0.316. The van der Waals surface area contributed by atoms with Crippen molar-refractivity contribution in [3.8, 4) is 17.2 Å². The first-order valence-corrected chi connectivity index (χ1v) is 8.14. The largest absolute Gasteiger partial charge is 0.497 e. The van der Waals surface area contributed by atoms with Gasteiger partial charge >= 0.3 is 0 Å². The Morgan fingerprint density at radius 3 is 2.54 bits per heavy atom. The van der Waals surface area contributed by atoms with Gasteiger partial charge in [-0.15, -0.1) is 0 Å². The summed E-state index contributed by atoms with van der Waals surface area (Å²) in [7, 11) is 4.77. The van der Waals surface area contributed by atoms with Gasteiger partial charge in [0, 0.05) is 24.9 Å². The zero-order valence-electron chi connectivity index (χ0n) is 15.2. The number of methoxy groups -OCH3 is 3. The van der Waals surface area contributed by atoms with Crippen LogP contribution in [0.25, 0.3) is 0 Å². The van der Waals surface area contributed by atoms with Crippen LogP contribution in [-0.2, 0) is 9.53 Å². The number of carbonyl (C=O) groups is 1. The molecule has 0 heterocycles. The molecule has 2 aromatic rings. The predicted octanol–water partition coefficient (Wildman–Crippen LogP) is 2.78. The summed E-state index contributed by atoms with van der Waals surface area (Å²) >= 11 is 0. The summed E-state index contributed by atoms with van der Waals surface area (Å²) < 4.78 is 20.9. The summed E-state index contributed by atoms with van der Waals surface area (Å²) in [4.78, 5) is 12.2. The Morgan fingerprint density at radius 1 is 0.962 bits per heavy atom. The van der Waals surface area contributed by atoms with E-state index in [1.807, 2.05) is 12.1 Å². The molecule has 0 aromatic heterocycles. The molecule has 0 atom stereocenters. The number of nitrogens with one attached hydrogen (secondary N) is 2. The third-order valence-electron chi connectivity index (χ3n) is 3.52. The van der Waals surface area contributed by atoms with Gasteiger partial charge in [0.15, 0.2) is 0 Å². The van der Waals surface area contributed by atoms with Crippen LogP contribution in [0.3, 0.4) is 0 Å². The van der Waals surface area contributed by atoms with Crippen molar-refractivity contribution in [2.24, 2.45) is 0 Å². The van der Waals surface area contributed by atoms with Gasteiger partial charge in [-0.05, 0) is 24.3 Å². The van der Waals surface area contributed by atoms with E-state index in [0.717, 1.165) is 0 Å². The van der Waals surface area contributed by atoms with E-state index in [2.05, 4.69) is 10.6 Å². The van der Waals surface area contributed by atoms with E-state index >= 15 is 0 Å². The Kier molecular flexibility index (Phi) is 7.57. The maximum absolute atomic E-state index is 12.2. The Morgan fingerprint density at radius 2 is 1.81 bits per heavy atom. The molecular formula is C19H24N2O5. The highest BCUT2D eigenvalue weighted by molar-refractivity contribution is 5.94. The van der Waals surface area contributed by atoms with Crippen LogP contribution < -0.4 is 24.8 Å². The average Bonchev–Trinajstić information content (AvgIpc) is 2.66. The summed E-state index contributed by atoms with van der Waals surface area (Å²) in [5.74, 6) is 1.79. The van der Waals surface area contributed by atoms with Crippen LogP contribution in [0.1, 0.15) is 0 Å². The minimum atomic E-state index is -0.191. The van der Waals surface area contributed by atoms with Crippen LogP contribution >= 0.6 is 0 Å². The highest BCUT2D eigenvalue weighted by Gasteiger charge is 2.08. The zero-order valence-corrected chi connectivity index (χ0v) is 15.2. The van der Waals surface area contributed by atoms with Crippen LogP contribution in [0.4, 0.5) is 11.4 Å². The van der Waals surface area contributed by atoms with E-state index in [9.17, 15) is 4.79 Å². The summed E-state index contributed by atoms with van der Waals surface area (Å²) in [6, 6.07) is 12.5. The zero-order chi connectivity index (χ0) is 18.8. The number of benzene rings is 2. The second-order valence-corrected chi connectivity index (χ2v) is 5.34. The van der Waals surface area contributed by atoms with E-state index in [4.69, 9.17) is 18.9 Å². The second-order valence-electron chi connectivity index (χ2n) is 5.34. The lowest BCUT2D eigenvalue weighted by Crippen LogP contribution is -2.22. The minimum Gasteiger partial charge on any atom is -0.497 e. The Labute approximate surface area is 153 Å². The molecule has 0 unspecified atom stereocenters. The van der Waals surface area contributed by atoms with Gasteiger partial charge in [0.05, 0.1) is 33.1 Å². The molecule has 0 aliphatic carbocycles. The fourth-order valence-electron chi connectivity index (χ4n) is 2.24. The molecule has 7 heteroatoms. The third-order valence-corrected chi connectivity index (χ3v) is 3.52. The lowest BCUT2D eigenvalue weighted by molar-refractivity contribution is -0.114. The van der Waals surface area contributed by atoms with Crippen LogP contribution in [0.2, 0.25) is 0 Å². The molecule has 2 aromatic carbocycles. The van der Waals surface area contributed by atoms with Crippen molar-refractivity contribution in [2.75, 3.05) is 51.7 Å². The van der Waals surface area contributed by atoms with Gasteiger partial charge in [-0.25, -0.2) is 0 Å². The number of ether oxygens (including phenoxy) is 4. The van der Waals surface area contributed by atoms with Crippen molar-refractivity contribution in [1.82, 2.24) is 0 Å². The van der Waals surface area contributed by atoms with Gasteiger partial charge in [0.2, 0.25) is 5.91 Å². The third kappa shape index (κ3) is 5.86. The summed E-state index contributed by atoms with van der Waals surface area (Å²) in [6.45, 7) is 1.03. The molecule has 2 rings (SSSR count). The summed E-state index contributed by atoms with van der Waals surface area (Å²) in [6.07, 6.45) is 0. The van der Waals surface area contributed by atoms with Gasteiger partial charge in [-0.1, -0.05) is 6.07 Å². The fourth-order valence-corrected chi connectivity index (χ4v) is 2.24. The number of amides is 1. The molecular weight excluding hydrogens is 336 g/mol. The minimum absolute atomic E-state index is 0.0816. The number of anilines is 2. The molecule has 0 saturated carbocycles. The van der Waals surface area contributed by atoms with E-state index < -0.39 is 0 Å². The van der Waals surface area contributed by atoms with Crippen LogP contribution in [0, 0.1) is 0 Å². The lowest BCUT2D eigenvalue weighted by atomic mass is 10.2. The van der Waals surface area contributed by atoms with E-state index in [1.165, 1.54) is 0 Å². The van der Waals surface area contributed by atoms with Crippen molar-refractivity contribution >= 4 is 17.3 Å². The highest BCUT2D eigenvalue weighted by Crippen LogP contribution is 2.28. The molecule has 0 fully saturated rings. The summed E-state index contributed by atoms with van der Waals surface area (Å²) in [5.41, 5.74) is 1.34. The Hall–Kier alpha value is -2.93. The number of hydrogen-bond acceptors (Lipinski definition) is 6. The normalized spacial score (nSPS) is 10.1. The van der Waals surface area contributed by atoms with Crippen molar-refractivity contribution < 1.29 is 23.7 Å². The predicted molar refractivity (Wildman–Crippen MR) is 100 cm³/mol. The number of rotatable bonds is 10. The van der Waals surface area contributed by atoms with Crippen LogP contribution in [0.15, 0.2) is 42.5 Å². The van der Waals surface area contributed by atoms with Crippen molar-refractivity contribution in [2.45, 2.75) is 0 Å². The van der Waals surface area contributed by atoms with Crippen molar-refractivity contribution in [3.05, 3.63) is 42.5 Å². The van der Waals surface area contributed by atoms with Gasteiger partial charge in [0.1, 0.15) is 23.9 Å².